The normalized spacial score (nSPS) is 12.1. The molecule has 20 heavy (non-hydrogen) atoms. The highest BCUT2D eigenvalue weighted by Gasteiger charge is 2.16. The molecule has 6 nitrogen and oxygen atoms in total. The van der Waals surface area contributed by atoms with Gasteiger partial charge in [0.2, 0.25) is 5.91 Å². The van der Waals surface area contributed by atoms with Gasteiger partial charge < -0.3 is 15.2 Å². The molecule has 0 saturated carbocycles. The molecule has 2 N–H and O–H groups in total. The Morgan fingerprint density at radius 1 is 1.30 bits per heavy atom. The molecule has 0 saturated heterocycles. The third-order valence-electron chi connectivity index (χ3n) is 2.79. The van der Waals surface area contributed by atoms with Crippen LogP contribution in [0.2, 0.25) is 0 Å². The summed E-state index contributed by atoms with van der Waals surface area (Å²) >= 11 is 0. The van der Waals surface area contributed by atoms with Gasteiger partial charge >= 0.3 is 0 Å². The number of nitrogens with one attached hydrogen (secondary N) is 2. The number of aromatic nitrogens is 1. The average molecular weight is 279 g/mol. The molecular formula is C14H21N3O3. The molecule has 0 aliphatic rings. The summed E-state index contributed by atoms with van der Waals surface area (Å²) < 4.78 is 1.37. The number of hydrogen-bond acceptors (Lipinski definition) is 3. The maximum atomic E-state index is 11.9. The van der Waals surface area contributed by atoms with Crippen molar-refractivity contribution < 1.29 is 9.59 Å². The lowest BCUT2D eigenvalue weighted by atomic mass is 10.2. The molecule has 1 aromatic rings. The first-order valence-corrected chi connectivity index (χ1v) is 6.56. The molecule has 1 aromatic heterocycles. The van der Waals surface area contributed by atoms with Crippen molar-refractivity contribution in [2.45, 2.75) is 26.8 Å². The average Bonchev–Trinajstić information content (AvgIpc) is 2.38. The summed E-state index contributed by atoms with van der Waals surface area (Å²) in [6.07, 6.45) is 1.51. The van der Waals surface area contributed by atoms with E-state index >= 15 is 0 Å². The summed E-state index contributed by atoms with van der Waals surface area (Å²) in [7, 11) is 1.60. The van der Waals surface area contributed by atoms with Gasteiger partial charge in [-0.1, -0.05) is 13.8 Å². The quantitative estimate of drug-likeness (QED) is 0.812. The van der Waals surface area contributed by atoms with E-state index in [1.54, 1.807) is 14.0 Å². The Kier molecular flexibility index (Phi) is 5.49. The van der Waals surface area contributed by atoms with E-state index in [0.29, 0.717) is 12.5 Å². The van der Waals surface area contributed by atoms with Crippen molar-refractivity contribution in [3.63, 3.8) is 0 Å². The zero-order valence-electron chi connectivity index (χ0n) is 12.3. The lowest BCUT2D eigenvalue weighted by molar-refractivity contribution is -0.122. The van der Waals surface area contributed by atoms with E-state index < -0.39 is 11.9 Å². The Bertz CT molecular complexity index is 549. The molecule has 0 aliphatic heterocycles. The number of carbonyl (C=O) groups excluding carboxylic acids is 2. The maximum absolute atomic E-state index is 11.9. The predicted molar refractivity (Wildman–Crippen MR) is 76.5 cm³/mol. The molecule has 1 heterocycles. The molecule has 2 amide bonds. The highest BCUT2D eigenvalue weighted by Crippen LogP contribution is 1.96. The number of pyridine rings is 1. The monoisotopic (exact) mass is 279 g/mol. The minimum atomic E-state index is -0.648. The second kappa shape index (κ2) is 6.88. The Balaban J connectivity index is 2.63. The van der Waals surface area contributed by atoms with E-state index in [4.69, 9.17) is 0 Å². The second-order valence-corrected chi connectivity index (χ2v) is 5.20. The minimum Gasteiger partial charge on any atom is -0.354 e. The van der Waals surface area contributed by atoms with Gasteiger partial charge in [0.05, 0.1) is 0 Å². The number of amides is 2. The Morgan fingerprint density at radius 2 is 1.95 bits per heavy atom. The number of carbonyl (C=O) groups is 2. The molecule has 0 aromatic carbocycles. The van der Waals surface area contributed by atoms with E-state index in [1.165, 1.54) is 22.9 Å². The zero-order valence-corrected chi connectivity index (χ0v) is 12.3. The summed E-state index contributed by atoms with van der Waals surface area (Å²) in [5, 5.41) is 5.31. The second-order valence-electron chi connectivity index (χ2n) is 5.20. The smallest absolute Gasteiger partial charge is 0.252 e. The Labute approximate surface area is 118 Å². The first-order chi connectivity index (χ1) is 9.31. The number of hydrogen-bond donors (Lipinski definition) is 2. The van der Waals surface area contributed by atoms with Gasteiger partial charge in [-0.2, -0.15) is 0 Å². The van der Waals surface area contributed by atoms with E-state index in [-0.39, 0.29) is 17.0 Å². The van der Waals surface area contributed by atoms with Crippen LogP contribution in [-0.2, 0) is 11.8 Å². The molecule has 0 fully saturated rings. The fourth-order valence-corrected chi connectivity index (χ4v) is 1.49. The third kappa shape index (κ3) is 4.53. The number of rotatable bonds is 5. The molecule has 0 aliphatic carbocycles. The van der Waals surface area contributed by atoms with Crippen LogP contribution < -0.4 is 16.2 Å². The molecule has 6 heteroatoms. The van der Waals surface area contributed by atoms with Crippen LogP contribution >= 0.6 is 0 Å². The zero-order chi connectivity index (χ0) is 15.3. The van der Waals surface area contributed by atoms with Crippen molar-refractivity contribution in [2.24, 2.45) is 13.0 Å². The summed E-state index contributed by atoms with van der Waals surface area (Å²) in [6.45, 7) is 6.14. The fraction of sp³-hybridized carbons (Fsp3) is 0.500. The van der Waals surface area contributed by atoms with Crippen LogP contribution in [-0.4, -0.2) is 29.0 Å². The number of aryl methyl sites for hydroxylation is 1. The predicted octanol–water partition coefficient (Wildman–Crippen LogP) is 0.276. The van der Waals surface area contributed by atoms with Crippen LogP contribution in [0.25, 0.3) is 0 Å². The van der Waals surface area contributed by atoms with Gasteiger partial charge in [-0.3, -0.25) is 14.4 Å². The van der Waals surface area contributed by atoms with E-state index in [1.807, 2.05) is 13.8 Å². The fourth-order valence-electron chi connectivity index (χ4n) is 1.49. The summed E-state index contributed by atoms with van der Waals surface area (Å²) in [4.78, 5) is 35.1. The molecule has 0 radical (unpaired) electrons. The van der Waals surface area contributed by atoms with Crippen molar-refractivity contribution in [1.82, 2.24) is 15.2 Å². The van der Waals surface area contributed by atoms with Crippen LogP contribution in [0.1, 0.15) is 31.1 Å². The Hall–Kier alpha value is -2.11. The molecule has 0 spiro atoms. The molecule has 110 valence electrons. The van der Waals surface area contributed by atoms with Gasteiger partial charge in [-0.15, -0.1) is 0 Å². The van der Waals surface area contributed by atoms with Crippen LogP contribution in [0.15, 0.2) is 23.1 Å². The minimum absolute atomic E-state index is 0.240. The summed E-state index contributed by atoms with van der Waals surface area (Å²) in [5.41, 5.74) is -0.0221. The lowest BCUT2D eigenvalue weighted by Gasteiger charge is -2.15. The largest absolute Gasteiger partial charge is 0.354 e. The van der Waals surface area contributed by atoms with Gasteiger partial charge in [-0.25, -0.2) is 0 Å². The van der Waals surface area contributed by atoms with Crippen LogP contribution in [0.5, 0.6) is 0 Å². The number of nitrogens with zero attached hydrogens (tertiary/aromatic N) is 1. The van der Waals surface area contributed by atoms with Gasteiger partial charge in [-0.05, 0) is 18.9 Å². The van der Waals surface area contributed by atoms with Crippen molar-refractivity contribution in [2.75, 3.05) is 6.54 Å². The van der Waals surface area contributed by atoms with Gasteiger partial charge in [0, 0.05) is 31.4 Å². The van der Waals surface area contributed by atoms with E-state index in [9.17, 15) is 14.4 Å². The summed E-state index contributed by atoms with van der Waals surface area (Å²) in [6, 6.07) is 2.13. The first-order valence-electron chi connectivity index (χ1n) is 6.56. The van der Waals surface area contributed by atoms with E-state index in [0.717, 1.165) is 0 Å². The van der Waals surface area contributed by atoms with E-state index in [2.05, 4.69) is 10.6 Å². The summed E-state index contributed by atoms with van der Waals surface area (Å²) in [5.74, 6) is -0.329. The molecule has 0 bridgehead atoms. The standard InChI is InChI=1S/C14H21N3O3/c1-9(2)8-15-13(19)10(3)16-14(20)11-5-6-17(4)12(18)7-11/h5-7,9-10H,8H2,1-4H3,(H,15,19)(H,16,20). The maximum Gasteiger partial charge on any atom is 0.252 e. The van der Waals surface area contributed by atoms with Gasteiger partial charge in [0.1, 0.15) is 6.04 Å². The topological polar surface area (TPSA) is 80.2 Å². The Morgan fingerprint density at radius 3 is 2.50 bits per heavy atom. The highest BCUT2D eigenvalue weighted by atomic mass is 16.2. The third-order valence-corrected chi connectivity index (χ3v) is 2.79. The van der Waals surface area contributed by atoms with Crippen LogP contribution in [0.4, 0.5) is 0 Å². The van der Waals surface area contributed by atoms with Crippen LogP contribution in [0.3, 0.4) is 0 Å². The highest BCUT2D eigenvalue weighted by molar-refractivity contribution is 5.97. The molecule has 1 rings (SSSR count). The van der Waals surface area contributed by atoms with Crippen molar-refractivity contribution in [1.29, 1.82) is 0 Å². The van der Waals surface area contributed by atoms with Gasteiger partial charge in [0.25, 0.3) is 11.5 Å². The SMILES string of the molecule is CC(C)CNC(=O)C(C)NC(=O)c1ccn(C)c(=O)c1. The first kappa shape index (κ1) is 15.9. The van der Waals surface area contributed by atoms with Crippen LogP contribution in [0, 0.1) is 5.92 Å². The molecular weight excluding hydrogens is 258 g/mol. The van der Waals surface area contributed by atoms with Crippen molar-refractivity contribution in [3.8, 4) is 0 Å². The molecule has 1 unspecified atom stereocenters. The van der Waals surface area contributed by atoms with Crippen molar-refractivity contribution >= 4 is 11.8 Å². The lowest BCUT2D eigenvalue weighted by Crippen LogP contribution is -2.45. The molecule has 1 atom stereocenters. The van der Waals surface area contributed by atoms with Crippen molar-refractivity contribution in [3.05, 3.63) is 34.2 Å². The van der Waals surface area contributed by atoms with Gasteiger partial charge in [0.15, 0.2) is 0 Å².